The Morgan fingerprint density at radius 3 is 2.76 bits per heavy atom. The second-order valence-electron chi connectivity index (χ2n) is 5.85. The molecule has 0 spiro atoms. The summed E-state index contributed by atoms with van der Waals surface area (Å²) < 4.78 is 34.0. The van der Waals surface area contributed by atoms with Gasteiger partial charge in [0, 0.05) is 5.56 Å². The summed E-state index contributed by atoms with van der Waals surface area (Å²) in [5, 5.41) is 0. The molecule has 0 radical (unpaired) electrons. The summed E-state index contributed by atoms with van der Waals surface area (Å²) in [5.74, 6) is -0.853. The number of cyclic esters (lactones) is 1. The van der Waals surface area contributed by atoms with Crippen molar-refractivity contribution in [2.45, 2.75) is 6.92 Å². The smallest absolute Gasteiger partial charge is 0.363 e. The Morgan fingerprint density at radius 1 is 1.21 bits per heavy atom. The largest absolute Gasteiger partial charge is 0.493 e. The lowest BCUT2D eigenvalue weighted by Crippen LogP contribution is -2.14. The molecule has 1 heterocycles. The summed E-state index contributed by atoms with van der Waals surface area (Å²) in [5.41, 5.74) is 1.02. The minimum atomic E-state index is -0.647. The first-order valence-corrected chi connectivity index (χ1v) is 8.75. The molecular weight excluding hydrogens is 381 g/mol. The van der Waals surface area contributed by atoms with Crippen molar-refractivity contribution in [2.75, 3.05) is 20.3 Å². The van der Waals surface area contributed by atoms with E-state index in [1.165, 1.54) is 31.4 Å². The Morgan fingerprint density at radius 2 is 2.03 bits per heavy atom. The van der Waals surface area contributed by atoms with E-state index >= 15 is 0 Å². The maximum Gasteiger partial charge on any atom is 0.363 e. The first-order chi connectivity index (χ1) is 14.0. The average molecular weight is 399 g/mol. The Labute approximate surface area is 166 Å². The van der Waals surface area contributed by atoms with Gasteiger partial charge in [-0.25, -0.2) is 19.0 Å². The predicted octanol–water partition coefficient (Wildman–Crippen LogP) is 3.12. The molecule has 3 rings (SSSR count). The zero-order valence-corrected chi connectivity index (χ0v) is 15.8. The first kappa shape index (κ1) is 20.1. The van der Waals surface area contributed by atoms with E-state index in [0.29, 0.717) is 22.6 Å². The number of methoxy groups -OCH3 is 1. The van der Waals surface area contributed by atoms with Crippen LogP contribution in [0.5, 0.6) is 11.5 Å². The van der Waals surface area contributed by atoms with Crippen molar-refractivity contribution >= 4 is 23.9 Å². The van der Waals surface area contributed by atoms with Gasteiger partial charge in [0.25, 0.3) is 0 Å². The molecule has 29 heavy (non-hydrogen) atoms. The van der Waals surface area contributed by atoms with E-state index < -0.39 is 17.8 Å². The van der Waals surface area contributed by atoms with Crippen LogP contribution in [0.4, 0.5) is 4.39 Å². The Bertz CT molecular complexity index is 998. The van der Waals surface area contributed by atoms with Gasteiger partial charge in [0.05, 0.1) is 13.7 Å². The van der Waals surface area contributed by atoms with Crippen LogP contribution < -0.4 is 9.47 Å². The van der Waals surface area contributed by atoms with Gasteiger partial charge in [0.1, 0.15) is 5.82 Å². The van der Waals surface area contributed by atoms with E-state index in [2.05, 4.69) is 4.99 Å². The van der Waals surface area contributed by atoms with Gasteiger partial charge in [-0.1, -0.05) is 12.1 Å². The Hall–Kier alpha value is -3.68. The van der Waals surface area contributed by atoms with Crippen LogP contribution in [0.3, 0.4) is 0 Å². The van der Waals surface area contributed by atoms with Gasteiger partial charge in [-0.3, -0.25) is 0 Å². The van der Waals surface area contributed by atoms with Crippen LogP contribution in [0, 0.1) is 5.82 Å². The van der Waals surface area contributed by atoms with Gasteiger partial charge < -0.3 is 18.9 Å². The molecule has 0 amide bonds. The van der Waals surface area contributed by atoms with Crippen LogP contribution in [0.25, 0.3) is 6.08 Å². The number of carbonyl (C=O) groups is 2. The zero-order valence-electron chi connectivity index (χ0n) is 15.8. The van der Waals surface area contributed by atoms with E-state index in [1.54, 1.807) is 31.2 Å². The molecule has 0 atom stereocenters. The molecule has 2 aromatic rings. The van der Waals surface area contributed by atoms with E-state index in [9.17, 15) is 14.0 Å². The number of benzene rings is 2. The van der Waals surface area contributed by atoms with E-state index in [-0.39, 0.29) is 24.8 Å². The number of hydrogen-bond acceptors (Lipinski definition) is 7. The van der Waals surface area contributed by atoms with E-state index in [1.807, 2.05) is 0 Å². The minimum Gasteiger partial charge on any atom is -0.493 e. The van der Waals surface area contributed by atoms with Gasteiger partial charge in [0.15, 0.2) is 23.8 Å². The molecule has 0 unspecified atom stereocenters. The predicted molar refractivity (Wildman–Crippen MR) is 102 cm³/mol. The normalized spacial score (nSPS) is 14.4. The van der Waals surface area contributed by atoms with Crippen molar-refractivity contribution < 1.29 is 32.9 Å². The molecule has 0 saturated heterocycles. The highest BCUT2D eigenvalue weighted by molar-refractivity contribution is 6.12. The maximum atomic E-state index is 13.4. The minimum absolute atomic E-state index is 0.0297. The van der Waals surface area contributed by atoms with Crippen LogP contribution >= 0.6 is 0 Å². The van der Waals surface area contributed by atoms with E-state index in [0.717, 1.165) is 0 Å². The topological polar surface area (TPSA) is 83.4 Å². The first-order valence-electron chi connectivity index (χ1n) is 8.75. The number of rotatable bonds is 7. The standard InChI is InChI=1S/C21H18FNO6/c1-3-27-19(24)12-28-17-8-7-13(10-18(17)26-2)9-16-21(25)29-20(23-16)14-5-4-6-15(22)11-14/h4-11H,3,12H2,1-2H3/b16-9-. The van der Waals surface area contributed by atoms with Crippen molar-refractivity contribution in [1.82, 2.24) is 0 Å². The lowest BCUT2D eigenvalue weighted by Gasteiger charge is -2.10. The highest BCUT2D eigenvalue weighted by Gasteiger charge is 2.24. The molecule has 0 aromatic heterocycles. The molecule has 2 aromatic carbocycles. The molecule has 0 fully saturated rings. The fourth-order valence-electron chi connectivity index (χ4n) is 2.54. The van der Waals surface area contributed by atoms with Gasteiger partial charge in [0.2, 0.25) is 5.90 Å². The number of carbonyl (C=O) groups excluding carboxylic acids is 2. The Kier molecular flexibility index (Phi) is 6.23. The molecule has 0 bridgehead atoms. The molecular formula is C21H18FNO6. The van der Waals surface area contributed by atoms with Crippen molar-refractivity contribution in [1.29, 1.82) is 0 Å². The monoisotopic (exact) mass is 399 g/mol. The van der Waals surface area contributed by atoms with Crippen molar-refractivity contribution in [3.05, 3.63) is 65.1 Å². The van der Waals surface area contributed by atoms with Crippen LogP contribution in [0.1, 0.15) is 18.1 Å². The lowest BCUT2D eigenvalue weighted by atomic mass is 10.1. The molecule has 1 aliphatic rings. The summed E-state index contributed by atoms with van der Waals surface area (Å²) in [6.07, 6.45) is 1.51. The van der Waals surface area contributed by atoms with Crippen molar-refractivity contribution in [3.63, 3.8) is 0 Å². The quantitative estimate of drug-likeness (QED) is 0.526. The summed E-state index contributed by atoms with van der Waals surface area (Å²) >= 11 is 0. The Balaban J connectivity index is 1.80. The van der Waals surface area contributed by atoms with Crippen LogP contribution in [-0.2, 0) is 19.1 Å². The highest BCUT2D eigenvalue weighted by Crippen LogP contribution is 2.30. The van der Waals surface area contributed by atoms with Crippen molar-refractivity contribution in [2.24, 2.45) is 4.99 Å². The van der Waals surface area contributed by atoms with Gasteiger partial charge in [-0.05, 0) is 48.9 Å². The van der Waals surface area contributed by atoms with Crippen molar-refractivity contribution in [3.8, 4) is 11.5 Å². The van der Waals surface area contributed by atoms with Crippen LogP contribution in [0.15, 0.2) is 53.2 Å². The highest BCUT2D eigenvalue weighted by atomic mass is 19.1. The molecule has 1 aliphatic heterocycles. The fraction of sp³-hybridized carbons (Fsp3) is 0.190. The van der Waals surface area contributed by atoms with E-state index in [4.69, 9.17) is 18.9 Å². The number of hydrogen-bond donors (Lipinski definition) is 0. The maximum absolute atomic E-state index is 13.4. The molecule has 150 valence electrons. The number of esters is 2. The van der Waals surface area contributed by atoms with Crippen LogP contribution in [-0.4, -0.2) is 38.2 Å². The van der Waals surface area contributed by atoms with Crippen LogP contribution in [0.2, 0.25) is 0 Å². The molecule has 0 saturated carbocycles. The summed E-state index contributed by atoms with van der Waals surface area (Å²) in [4.78, 5) is 27.7. The van der Waals surface area contributed by atoms with Gasteiger partial charge in [-0.15, -0.1) is 0 Å². The average Bonchev–Trinajstić information content (AvgIpc) is 3.07. The summed E-state index contributed by atoms with van der Waals surface area (Å²) in [6.45, 7) is 1.72. The van der Waals surface area contributed by atoms with Gasteiger partial charge in [-0.2, -0.15) is 0 Å². The third kappa shape index (κ3) is 4.98. The number of halogens is 1. The third-order valence-corrected chi connectivity index (χ3v) is 3.83. The summed E-state index contributed by atoms with van der Waals surface area (Å²) in [6, 6.07) is 10.5. The molecule has 8 heteroatoms. The molecule has 0 aliphatic carbocycles. The number of aliphatic imine (C=N–C) groups is 1. The number of nitrogens with zero attached hydrogens (tertiary/aromatic N) is 1. The second-order valence-corrected chi connectivity index (χ2v) is 5.85. The van der Waals surface area contributed by atoms with Gasteiger partial charge >= 0.3 is 11.9 Å². The zero-order chi connectivity index (χ0) is 20.8. The molecule has 0 N–H and O–H groups in total. The lowest BCUT2D eigenvalue weighted by molar-refractivity contribution is -0.145. The SMILES string of the molecule is CCOC(=O)COc1ccc(/C=C2\N=C(c3cccc(F)c3)OC2=O)cc1OC. The fourth-order valence-corrected chi connectivity index (χ4v) is 2.54. The number of ether oxygens (including phenoxy) is 4. The third-order valence-electron chi connectivity index (χ3n) is 3.83. The summed E-state index contributed by atoms with van der Waals surface area (Å²) in [7, 11) is 1.45. The second kappa shape index (κ2) is 9.01. The molecule has 7 nitrogen and oxygen atoms in total.